The van der Waals surface area contributed by atoms with Crippen molar-refractivity contribution in [2.45, 2.75) is 13.5 Å². The number of aryl methyl sites for hydroxylation is 1. The van der Waals surface area contributed by atoms with Crippen LogP contribution in [0.5, 0.6) is 5.75 Å². The van der Waals surface area contributed by atoms with E-state index in [0.717, 1.165) is 6.54 Å². The van der Waals surface area contributed by atoms with Crippen LogP contribution in [0.4, 0.5) is 0 Å². The van der Waals surface area contributed by atoms with Gasteiger partial charge in [-0.2, -0.15) is 5.10 Å². The van der Waals surface area contributed by atoms with Crippen LogP contribution >= 0.6 is 0 Å². The van der Waals surface area contributed by atoms with Crippen LogP contribution in [-0.2, 0) is 11.3 Å². The molecule has 1 N–H and O–H groups in total. The van der Waals surface area contributed by atoms with E-state index < -0.39 is 5.97 Å². The lowest BCUT2D eigenvalue weighted by Crippen LogP contribution is -2.08. The van der Waals surface area contributed by atoms with E-state index in [9.17, 15) is 4.79 Å². The van der Waals surface area contributed by atoms with Crippen LogP contribution in [0.15, 0.2) is 24.5 Å². The first-order valence-corrected chi connectivity index (χ1v) is 4.19. The molecule has 76 valence electrons. The summed E-state index contributed by atoms with van der Waals surface area (Å²) < 4.78 is 6.84. The molecule has 0 spiro atoms. The first-order chi connectivity index (χ1) is 6.63. The molecule has 0 atom stereocenters. The fraction of sp³-hybridized carbons (Fsp3) is 0.333. The average Bonchev–Trinajstić information content (AvgIpc) is 2.61. The highest BCUT2D eigenvalue weighted by Gasteiger charge is 2.05. The monoisotopic (exact) mass is 196 g/mol. The summed E-state index contributed by atoms with van der Waals surface area (Å²) in [5.41, 5.74) is 0.0225. The van der Waals surface area contributed by atoms with E-state index in [1.165, 1.54) is 0 Å². The molecular formula is C9H12N2O3. The second-order valence-corrected chi connectivity index (χ2v) is 2.73. The van der Waals surface area contributed by atoms with Crippen LogP contribution in [0.2, 0.25) is 0 Å². The third-order valence-corrected chi connectivity index (χ3v) is 1.65. The molecule has 0 bridgehead atoms. The van der Waals surface area contributed by atoms with Crippen LogP contribution in [0.3, 0.4) is 0 Å². The van der Waals surface area contributed by atoms with Crippen LogP contribution in [0.1, 0.15) is 6.92 Å². The second-order valence-electron chi connectivity index (χ2n) is 2.73. The summed E-state index contributed by atoms with van der Waals surface area (Å²) in [6.07, 6.45) is 3.24. The van der Waals surface area contributed by atoms with Crippen molar-refractivity contribution in [3.05, 3.63) is 24.5 Å². The molecule has 0 amide bonds. The maximum atomic E-state index is 10.4. The highest BCUT2D eigenvalue weighted by atomic mass is 16.5. The molecule has 0 aliphatic rings. The Kier molecular flexibility index (Phi) is 3.28. The van der Waals surface area contributed by atoms with Crippen molar-refractivity contribution < 1.29 is 14.6 Å². The smallest absolute Gasteiger partial charge is 0.334 e. The van der Waals surface area contributed by atoms with Gasteiger partial charge in [0.1, 0.15) is 6.61 Å². The third-order valence-electron chi connectivity index (χ3n) is 1.65. The number of nitrogens with zero attached hydrogens (tertiary/aromatic N) is 2. The van der Waals surface area contributed by atoms with E-state index in [2.05, 4.69) is 11.7 Å². The SMILES string of the molecule is C=C(COc1cnn(CC)c1)C(=O)O. The molecule has 0 aromatic carbocycles. The van der Waals surface area contributed by atoms with Gasteiger partial charge in [-0.25, -0.2) is 4.79 Å². The summed E-state index contributed by atoms with van der Waals surface area (Å²) in [6, 6.07) is 0. The molecule has 0 aliphatic heterocycles. The summed E-state index contributed by atoms with van der Waals surface area (Å²) >= 11 is 0. The topological polar surface area (TPSA) is 64.4 Å². The Morgan fingerprint density at radius 1 is 1.79 bits per heavy atom. The highest BCUT2D eigenvalue weighted by molar-refractivity contribution is 5.86. The lowest BCUT2D eigenvalue weighted by Gasteiger charge is -2.01. The molecule has 5 heteroatoms. The maximum Gasteiger partial charge on any atom is 0.334 e. The van der Waals surface area contributed by atoms with E-state index in [1.807, 2.05) is 6.92 Å². The number of aliphatic carboxylic acids is 1. The summed E-state index contributed by atoms with van der Waals surface area (Å²) in [7, 11) is 0. The molecule has 0 saturated heterocycles. The number of carboxylic acid groups (broad SMARTS) is 1. The lowest BCUT2D eigenvalue weighted by molar-refractivity contribution is -0.133. The predicted molar refractivity (Wildman–Crippen MR) is 50.2 cm³/mol. The molecule has 1 aromatic rings. The summed E-state index contributed by atoms with van der Waals surface area (Å²) in [4.78, 5) is 10.4. The molecule has 1 heterocycles. The highest BCUT2D eigenvalue weighted by Crippen LogP contribution is 2.08. The van der Waals surface area contributed by atoms with Crippen LogP contribution < -0.4 is 4.74 Å². The fourth-order valence-corrected chi connectivity index (χ4v) is 0.824. The number of rotatable bonds is 5. The van der Waals surface area contributed by atoms with Gasteiger partial charge in [-0.05, 0) is 6.92 Å². The zero-order valence-electron chi connectivity index (χ0n) is 7.93. The van der Waals surface area contributed by atoms with Crippen molar-refractivity contribution in [2.24, 2.45) is 0 Å². The molecule has 14 heavy (non-hydrogen) atoms. The minimum Gasteiger partial charge on any atom is -0.485 e. The van der Waals surface area contributed by atoms with Crippen molar-refractivity contribution in [1.82, 2.24) is 9.78 Å². The molecule has 0 unspecified atom stereocenters. The van der Waals surface area contributed by atoms with Gasteiger partial charge in [0.05, 0.1) is 18.0 Å². The second kappa shape index (κ2) is 4.45. The van der Waals surface area contributed by atoms with E-state index in [0.29, 0.717) is 5.75 Å². The van der Waals surface area contributed by atoms with Crippen LogP contribution in [-0.4, -0.2) is 27.5 Å². The molecular weight excluding hydrogens is 184 g/mol. The summed E-state index contributed by atoms with van der Waals surface area (Å²) in [6.45, 7) is 6.03. The van der Waals surface area contributed by atoms with Crippen LogP contribution in [0, 0.1) is 0 Å². The van der Waals surface area contributed by atoms with Gasteiger partial charge in [0, 0.05) is 6.54 Å². The Morgan fingerprint density at radius 3 is 3.00 bits per heavy atom. The van der Waals surface area contributed by atoms with Gasteiger partial charge in [0.25, 0.3) is 0 Å². The summed E-state index contributed by atoms with van der Waals surface area (Å²) in [5, 5.41) is 12.5. The van der Waals surface area contributed by atoms with Gasteiger partial charge in [0.2, 0.25) is 0 Å². The van der Waals surface area contributed by atoms with Gasteiger partial charge < -0.3 is 9.84 Å². The van der Waals surface area contributed by atoms with E-state index in [-0.39, 0.29) is 12.2 Å². The van der Waals surface area contributed by atoms with Crippen molar-refractivity contribution in [2.75, 3.05) is 6.61 Å². The molecule has 0 fully saturated rings. The zero-order valence-corrected chi connectivity index (χ0v) is 7.93. The normalized spacial score (nSPS) is 9.79. The van der Waals surface area contributed by atoms with Gasteiger partial charge in [-0.1, -0.05) is 6.58 Å². The Balaban J connectivity index is 2.45. The largest absolute Gasteiger partial charge is 0.485 e. The Hall–Kier alpha value is -1.78. The number of hydrogen-bond donors (Lipinski definition) is 1. The number of carboxylic acids is 1. The Bertz CT molecular complexity index is 344. The number of aromatic nitrogens is 2. The number of carbonyl (C=O) groups is 1. The standard InChI is InChI=1S/C9H12N2O3/c1-3-11-5-8(4-10-11)14-6-7(2)9(12)13/h4-5H,2-3,6H2,1H3,(H,12,13). The predicted octanol–water partition coefficient (Wildman–Crippen LogP) is 0.923. The van der Waals surface area contributed by atoms with E-state index in [1.54, 1.807) is 17.1 Å². The lowest BCUT2D eigenvalue weighted by atomic mass is 10.3. The first kappa shape index (κ1) is 10.3. The van der Waals surface area contributed by atoms with Crippen molar-refractivity contribution in [3.63, 3.8) is 0 Å². The first-order valence-electron chi connectivity index (χ1n) is 4.19. The molecule has 1 aromatic heterocycles. The number of ether oxygens (including phenoxy) is 1. The number of hydrogen-bond acceptors (Lipinski definition) is 3. The van der Waals surface area contributed by atoms with Crippen molar-refractivity contribution in [1.29, 1.82) is 0 Å². The maximum absolute atomic E-state index is 10.4. The Labute approximate surface area is 81.6 Å². The van der Waals surface area contributed by atoms with Gasteiger partial charge in [0.15, 0.2) is 5.75 Å². The van der Waals surface area contributed by atoms with Crippen LogP contribution in [0.25, 0.3) is 0 Å². The fourth-order valence-electron chi connectivity index (χ4n) is 0.824. The van der Waals surface area contributed by atoms with Gasteiger partial charge in [-0.15, -0.1) is 0 Å². The van der Waals surface area contributed by atoms with E-state index in [4.69, 9.17) is 9.84 Å². The van der Waals surface area contributed by atoms with Gasteiger partial charge in [-0.3, -0.25) is 4.68 Å². The zero-order chi connectivity index (χ0) is 10.6. The minimum absolute atomic E-state index is 0.0225. The van der Waals surface area contributed by atoms with Crippen molar-refractivity contribution in [3.8, 4) is 5.75 Å². The third kappa shape index (κ3) is 2.62. The molecule has 0 aliphatic carbocycles. The molecule has 5 nitrogen and oxygen atoms in total. The average molecular weight is 196 g/mol. The van der Waals surface area contributed by atoms with E-state index >= 15 is 0 Å². The molecule has 0 saturated carbocycles. The Morgan fingerprint density at radius 2 is 2.50 bits per heavy atom. The molecule has 1 rings (SSSR count). The minimum atomic E-state index is -1.05. The summed E-state index contributed by atoms with van der Waals surface area (Å²) in [5.74, 6) is -0.498. The quantitative estimate of drug-likeness (QED) is 0.711. The van der Waals surface area contributed by atoms with Gasteiger partial charge >= 0.3 is 5.97 Å². The molecule has 0 radical (unpaired) electrons. The van der Waals surface area contributed by atoms with Crippen molar-refractivity contribution >= 4 is 5.97 Å².